The molecule has 0 radical (unpaired) electrons. The van der Waals surface area contributed by atoms with Gasteiger partial charge in [-0.25, -0.2) is 9.97 Å². The molecule has 154 valence electrons. The van der Waals surface area contributed by atoms with E-state index >= 15 is 0 Å². The maximum absolute atomic E-state index is 11.2. The molecule has 1 heterocycles. The van der Waals surface area contributed by atoms with E-state index in [-0.39, 0.29) is 5.91 Å². The van der Waals surface area contributed by atoms with E-state index in [1.54, 1.807) is 6.20 Å². The first-order chi connectivity index (χ1) is 15.2. The van der Waals surface area contributed by atoms with Gasteiger partial charge in [0.2, 0.25) is 11.9 Å². The second-order valence-corrected chi connectivity index (χ2v) is 7.33. The van der Waals surface area contributed by atoms with Crippen LogP contribution in [-0.4, -0.2) is 15.9 Å². The van der Waals surface area contributed by atoms with Crippen molar-refractivity contribution in [2.24, 2.45) is 0 Å². The first-order valence-corrected chi connectivity index (χ1v) is 10.3. The summed E-state index contributed by atoms with van der Waals surface area (Å²) in [5, 5.41) is 6.04. The van der Waals surface area contributed by atoms with E-state index < -0.39 is 0 Å². The smallest absolute Gasteiger partial charge is 0.227 e. The van der Waals surface area contributed by atoms with Crippen LogP contribution in [0.5, 0.6) is 0 Å². The monoisotopic (exact) mass is 408 g/mol. The fourth-order valence-corrected chi connectivity index (χ4v) is 3.32. The second kappa shape index (κ2) is 9.67. The van der Waals surface area contributed by atoms with Crippen molar-refractivity contribution in [2.75, 3.05) is 10.6 Å². The topological polar surface area (TPSA) is 66.9 Å². The standard InChI is InChI=1S/C26H24N4O/c1-19(31)28-23-15-11-22(12-16-23)25-17-18-27-26(30-25)29-24-13-9-21(10-14-24)8-7-20-5-3-2-4-6-20/h2-6,9-18H,7-8H2,1H3,(H,28,31)(H,27,29,30). The van der Waals surface area contributed by atoms with Gasteiger partial charge in [0.25, 0.3) is 0 Å². The highest BCUT2D eigenvalue weighted by atomic mass is 16.1. The highest BCUT2D eigenvalue weighted by Gasteiger charge is 2.04. The van der Waals surface area contributed by atoms with Crippen LogP contribution >= 0.6 is 0 Å². The highest BCUT2D eigenvalue weighted by Crippen LogP contribution is 2.22. The number of amides is 1. The van der Waals surface area contributed by atoms with E-state index in [0.717, 1.165) is 35.5 Å². The predicted molar refractivity (Wildman–Crippen MR) is 125 cm³/mol. The lowest BCUT2D eigenvalue weighted by molar-refractivity contribution is -0.114. The molecule has 0 fully saturated rings. The van der Waals surface area contributed by atoms with Crippen molar-refractivity contribution >= 4 is 23.2 Å². The zero-order chi connectivity index (χ0) is 21.5. The molecule has 5 nitrogen and oxygen atoms in total. The van der Waals surface area contributed by atoms with Crippen molar-refractivity contribution in [1.82, 2.24) is 9.97 Å². The van der Waals surface area contributed by atoms with E-state index in [9.17, 15) is 4.79 Å². The van der Waals surface area contributed by atoms with Crippen molar-refractivity contribution in [3.8, 4) is 11.3 Å². The predicted octanol–water partition coefficient (Wildman–Crippen LogP) is 5.63. The van der Waals surface area contributed by atoms with Crippen LogP contribution in [0.2, 0.25) is 0 Å². The van der Waals surface area contributed by atoms with Gasteiger partial charge in [-0.1, -0.05) is 54.6 Å². The van der Waals surface area contributed by atoms with Crippen molar-refractivity contribution in [1.29, 1.82) is 0 Å². The maximum Gasteiger partial charge on any atom is 0.227 e. The lowest BCUT2D eigenvalue weighted by Crippen LogP contribution is -2.05. The Hall–Kier alpha value is -3.99. The number of rotatable bonds is 7. The van der Waals surface area contributed by atoms with Crippen molar-refractivity contribution in [3.63, 3.8) is 0 Å². The van der Waals surface area contributed by atoms with Crippen LogP contribution in [0.4, 0.5) is 17.3 Å². The number of aromatic nitrogens is 2. The minimum atomic E-state index is -0.0904. The van der Waals surface area contributed by atoms with Crippen molar-refractivity contribution < 1.29 is 4.79 Å². The molecule has 3 aromatic carbocycles. The molecule has 4 rings (SSSR count). The number of anilines is 3. The molecule has 1 amide bonds. The Balaban J connectivity index is 1.40. The number of hydrogen-bond donors (Lipinski definition) is 2. The van der Waals surface area contributed by atoms with Crippen LogP contribution in [0.1, 0.15) is 18.1 Å². The van der Waals surface area contributed by atoms with Gasteiger partial charge in [0.05, 0.1) is 5.69 Å². The summed E-state index contributed by atoms with van der Waals surface area (Å²) in [5.74, 6) is 0.452. The molecule has 5 heteroatoms. The number of carbonyl (C=O) groups is 1. The Morgan fingerprint density at radius 1 is 0.774 bits per heavy atom. The summed E-state index contributed by atoms with van der Waals surface area (Å²) in [6.07, 6.45) is 3.77. The van der Waals surface area contributed by atoms with Gasteiger partial charge >= 0.3 is 0 Å². The third-order valence-electron chi connectivity index (χ3n) is 4.91. The summed E-state index contributed by atoms with van der Waals surface area (Å²) < 4.78 is 0. The molecule has 4 aromatic rings. The molecule has 0 spiro atoms. The molecule has 0 atom stereocenters. The Morgan fingerprint density at radius 2 is 1.42 bits per heavy atom. The molecule has 0 bridgehead atoms. The number of carbonyl (C=O) groups excluding carboxylic acids is 1. The Morgan fingerprint density at radius 3 is 2.10 bits per heavy atom. The molecular formula is C26H24N4O. The largest absolute Gasteiger partial charge is 0.326 e. The summed E-state index contributed by atoms with van der Waals surface area (Å²) in [6.45, 7) is 1.49. The first-order valence-electron chi connectivity index (χ1n) is 10.3. The van der Waals surface area contributed by atoms with Gasteiger partial charge in [0, 0.05) is 30.1 Å². The minimum Gasteiger partial charge on any atom is -0.326 e. The van der Waals surface area contributed by atoms with E-state index in [4.69, 9.17) is 0 Å². The molecular weight excluding hydrogens is 384 g/mol. The number of nitrogens with zero attached hydrogens (tertiary/aromatic N) is 2. The molecule has 1 aromatic heterocycles. The summed E-state index contributed by atoms with van der Waals surface area (Å²) in [6, 6.07) is 28.3. The molecule has 0 unspecified atom stereocenters. The van der Waals surface area contributed by atoms with Gasteiger partial charge in [0.1, 0.15) is 0 Å². The zero-order valence-electron chi connectivity index (χ0n) is 17.4. The first kappa shape index (κ1) is 20.3. The Kier molecular flexibility index (Phi) is 6.33. The molecule has 0 saturated carbocycles. The quantitative estimate of drug-likeness (QED) is 0.416. The summed E-state index contributed by atoms with van der Waals surface area (Å²) in [5.41, 5.74) is 6.11. The number of hydrogen-bond acceptors (Lipinski definition) is 4. The summed E-state index contributed by atoms with van der Waals surface area (Å²) in [4.78, 5) is 20.1. The van der Waals surface area contributed by atoms with Crippen LogP contribution in [0.3, 0.4) is 0 Å². The highest BCUT2D eigenvalue weighted by molar-refractivity contribution is 5.88. The number of nitrogens with one attached hydrogen (secondary N) is 2. The van der Waals surface area contributed by atoms with Crippen molar-refractivity contribution in [3.05, 3.63) is 102 Å². The third kappa shape index (κ3) is 5.76. The van der Waals surface area contributed by atoms with Crippen LogP contribution in [-0.2, 0) is 17.6 Å². The van der Waals surface area contributed by atoms with E-state index in [2.05, 4.69) is 69.1 Å². The lowest BCUT2D eigenvalue weighted by Gasteiger charge is -2.09. The lowest BCUT2D eigenvalue weighted by atomic mass is 10.0. The molecule has 0 aliphatic rings. The molecule has 2 N–H and O–H groups in total. The van der Waals surface area contributed by atoms with Gasteiger partial charge in [-0.3, -0.25) is 4.79 Å². The van der Waals surface area contributed by atoms with Gasteiger partial charge in [0.15, 0.2) is 0 Å². The van der Waals surface area contributed by atoms with E-state index in [0.29, 0.717) is 5.95 Å². The molecule has 0 aliphatic carbocycles. The van der Waals surface area contributed by atoms with E-state index in [1.807, 2.05) is 36.4 Å². The number of benzene rings is 3. The van der Waals surface area contributed by atoms with Crippen LogP contribution in [0, 0.1) is 0 Å². The van der Waals surface area contributed by atoms with Crippen LogP contribution in [0.25, 0.3) is 11.3 Å². The zero-order valence-corrected chi connectivity index (χ0v) is 17.4. The summed E-state index contributed by atoms with van der Waals surface area (Å²) in [7, 11) is 0. The maximum atomic E-state index is 11.2. The second-order valence-electron chi connectivity index (χ2n) is 7.33. The Bertz CT molecular complexity index is 1140. The van der Waals surface area contributed by atoms with Crippen molar-refractivity contribution in [2.45, 2.75) is 19.8 Å². The van der Waals surface area contributed by atoms with Crippen LogP contribution < -0.4 is 10.6 Å². The SMILES string of the molecule is CC(=O)Nc1ccc(-c2ccnc(Nc3ccc(CCc4ccccc4)cc3)n2)cc1. The minimum absolute atomic E-state index is 0.0904. The summed E-state index contributed by atoms with van der Waals surface area (Å²) >= 11 is 0. The number of aryl methyl sites for hydroxylation is 2. The average Bonchev–Trinajstić information content (AvgIpc) is 2.80. The van der Waals surface area contributed by atoms with Gasteiger partial charge in [-0.15, -0.1) is 0 Å². The Labute approximate surface area is 182 Å². The molecule has 31 heavy (non-hydrogen) atoms. The van der Waals surface area contributed by atoms with Crippen LogP contribution in [0.15, 0.2) is 91.1 Å². The van der Waals surface area contributed by atoms with Gasteiger partial charge in [-0.2, -0.15) is 0 Å². The average molecular weight is 409 g/mol. The van der Waals surface area contributed by atoms with E-state index in [1.165, 1.54) is 18.1 Å². The fraction of sp³-hybridized carbons (Fsp3) is 0.115. The fourth-order valence-electron chi connectivity index (χ4n) is 3.32. The molecule has 0 aliphatic heterocycles. The van der Waals surface area contributed by atoms with Gasteiger partial charge < -0.3 is 10.6 Å². The normalized spacial score (nSPS) is 10.5. The molecule has 0 saturated heterocycles. The van der Waals surface area contributed by atoms with Gasteiger partial charge in [-0.05, 0) is 54.3 Å². The third-order valence-corrected chi connectivity index (χ3v) is 4.91.